The van der Waals surface area contributed by atoms with Crippen molar-refractivity contribution in [1.82, 2.24) is 20.1 Å². The predicted molar refractivity (Wildman–Crippen MR) is 135 cm³/mol. The zero-order chi connectivity index (χ0) is 25.1. The normalized spacial score (nSPS) is 15.5. The Morgan fingerprint density at radius 3 is 2.61 bits per heavy atom. The fourth-order valence-electron chi connectivity index (χ4n) is 3.88. The summed E-state index contributed by atoms with van der Waals surface area (Å²) >= 11 is -0.734. The van der Waals surface area contributed by atoms with Gasteiger partial charge in [0.25, 0.3) is 5.19 Å². The molecule has 190 valence electrons. The Morgan fingerprint density at radius 2 is 1.92 bits per heavy atom. The van der Waals surface area contributed by atoms with Crippen molar-refractivity contribution in [2.24, 2.45) is 5.92 Å². The summed E-state index contributed by atoms with van der Waals surface area (Å²) < 4.78 is 38.9. The molecule has 10 nitrogen and oxygen atoms in total. The largest absolute Gasteiger partial charge is 0.772 e. The first kappa shape index (κ1) is 24.6. The minimum absolute atomic E-state index is 0.0228. The van der Waals surface area contributed by atoms with Crippen LogP contribution in [0.4, 0.5) is 6.01 Å². The highest BCUT2D eigenvalue weighted by Crippen LogP contribution is 2.31. The fraction of sp³-hybridized carbons (Fsp3) is 0.417. The predicted octanol–water partition coefficient (Wildman–Crippen LogP) is 4.66. The van der Waals surface area contributed by atoms with Crippen LogP contribution in [0.2, 0.25) is 0 Å². The van der Waals surface area contributed by atoms with E-state index in [-0.39, 0.29) is 11.7 Å². The third-order valence-electron chi connectivity index (χ3n) is 5.92. The summed E-state index contributed by atoms with van der Waals surface area (Å²) in [7, 11) is 0. The van der Waals surface area contributed by atoms with Crippen LogP contribution in [0.15, 0.2) is 40.9 Å². The molecule has 4 heterocycles. The molecular weight excluding hydrogens is 502 g/mol. The van der Waals surface area contributed by atoms with Crippen LogP contribution in [0.1, 0.15) is 44.0 Å². The molecular formula is C24H26N5O5S2-. The van der Waals surface area contributed by atoms with Crippen LogP contribution in [0.3, 0.4) is 0 Å². The summed E-state index contributed by atoms with van der Waals surface area (Å²) in [5.74, 6) is 2.40. The Morgan fingerprint density at radius 1 is 1.14 bits per heavy atom. The lowest BCUT2D eigenvalue weighted by Gasteiger charge is -2.30. The first-order valence-electron chi connectivity index (χ1n) is 11.7. The number of piperidine rings is 1. The van der Waals surface area contributed by atoms with Gasteiger partial charge in [-0.25, -0.2) is 9.97 Å². The Hall–Kier alpha value is -3.09. The SMILES string of the molecule is CC(C)c1noc(N2CCC(COc3nc4ccc(Oc5ccc(CS(=O)[O-])cc5)nc4s3)CC2)n1. The summed E-state index contributed by atoms with van der Waals surface area (Å²) in [5, 5.41) is 4.64. The summed E-state index contributed by atoms with van der Waals surface area (Å²) in [6.07, 6.45) is 1.95. The summed E-state index contributed by atoms with van der Waals surface area (Å²) in [4.78, 5) is 16.4. The average molecular weight is 529 g/mol. The number of ether oxygens (including phenoxy) is 2. The van der Waals surface area contributed by atoms with E-state index in [0.29, 0.717) is 40.9 Å². The van der Waals surface area contributed by atoms with Crippen molar-refractivity contribution in [3.8, 4) is 16.8 Å². The van der Waals surface area contributed by atoms with Crippen molar-refractivity contribution in [2.45, 2.75) is 38.4 Å². The molecule has 4 aromatic rings. The summed E-state index contributed by atoms with van der Waals surface area (Å²) in [6.45, 7) is 6.40. The molecule has 12 heteroatoms. The Labute approximate surface area is 214 Å². The number of fused-ring (bicyclic) bond motifs is 1. The second kappa shape index (κ2) is 10.9. The lowest BCUT2D eigenvalue weighted by molar-refractivity contribution is 0.219. The van der Waals surface area contributed by atoms with Crippen molar-refractivity contribution in [1.29, 1.82) is 0 Å². The van der Waals surface area contributed by atoms with Crippen molar-refractivity contribution in [2.75, 3.05) is 24.6 Å². The van der Waals surface area contributed by atoms with E-state index in [4.69, 9.17) is 14.0 Å². The number of anilines is 1. The van der Waals surface area contributed by atoms with Crippen LogP contribution in [-0.2, 0) is 16.8 Å². The van der Waals surface area contributed by atoms with Gasteiger partial charge in [0, 0.05) is 30.8 Å². The highest BCUT2D eigenvalue weighted by molar-refractivity contribution is 7.78. The van der Waals surface area contributed by atoms with E-state index in [0.717, 1.165) is 42.1 Å². The van der Waals surface area contributed by atoms with Crippen LogP contribution in [0.25, 0.3) is 10.3 Å². The van der Waals surface area contributed by atoms with Gasteiger partial charge < -0.3 is 23.4 Å². The highest BCUT2D eigenvalue weighted by atomic mass is 32.2. The first-order valence-corrected chi connectivity index (χ1v) is 13.8. The molecule has 1 atom stereocenters. The minimum Gasteiger partial charge on any atom is -0.772 e. The van der Waals surface area contributed by atoms with Gasteiger partial charge in [0.15, 0.2) is 10.7 Å². The summed E-state index contributed by atoms with van der Waals surface area (Å²) in [6, 6.07) is 11.1. The van der Waals surface area contributed by atoms with Crippen LogP contribution >= 0.6 is 11.3 Å². The van der Waals surface area contributed by atoms with Gasteiger partial charge in [-0.1, -0.05) is 53.6 Å². The van der Waals surface area contributed by atoms with Gasteiger partial charge in [-0.15, -0.1) is 0 Å². The summed E-state index contributed by atoms with van der Waals surface area (Å²) in [5.41, 5.74) is 1.45. The fourth-order valence-corrected chi connectivity index (χ4v) is 5.13. The number of thiazole rings is 1. The molecule has 36 heavy (non-hydrogen) atoms. The van der Waals surface area contributed by atoms with Gasteiger partial charge in [0.1, 0.15) is 11.3 Å². The zero-order valence-electron chi connectivity index (χ0n) is 20.0. The molecule has 0 saturated carbocycles. The van der Waals surface area contributed by atoms with Crippen molar-refractivity contribution < 1.29 is 22.8 Å². The molecule has 1 fully saturated rings. The van der Waals surface area contributed by atoms with Crippen molar-refractivity contribution in [3.05, 3.63) is 47.8 Å². The molecule has 0 amide bonds. The van der Waals surface area contributed by atoms with E-state index >= 15 is 0 Å². The third kappa shape index (κ3) is 6.00. The van der Waals surface area contributed by atoms with Gasteiger partial charge in [-0.05, 0) is 42.5 Å². The Bertz CT molecular complexity index is 1330. The van der Waals surface area contributed by atoms with Gasteiger partial charge >= 0.3 is 6.01 Å². The quantitative estimate of drug-likeness (QED) is 0.283. The molecule has 1 aromatic carbocycles. The standard InChI is InChI=1S/C24H27N5O5S2/c1-15(2)21-27-23(34-28-21)29-11-9-16(10-12-29)13-32-24-25-19-7-8-20(26-22(19)35-24)33-18-5-3-17(4-6-18)14-36(30)31/h3-8,15-16H,9-14H2,1-2H3,(H,30,31)/p-1. The second-order valence-electron chi connectivity index (χ2n) is 8.98. The highest BCUT2D eigenvalue weighted by Gasteiger charge is 2.24. The van der Waals surface area contributed by atoms with Crippen LogP contribution in [0, 0.1) is 5.92 Å². The van der Waals surface area contributed by atoms with E-state index in [1.54, 1.807) is 30.3 Å². The smallest absolute Gasteiger partial charge is 0.324 e. The van der Waals surface area contributed by atoms with Gasteiger partial charge in [0.2, 0.25) is 5.88 Å². The number of nitrogens with zero attached hydrogens (tertiary/aromatic N) is 5. The maximum Gasteiger partial charge on any atom is 0.324 e. The number of pyridine rings is 1. The molecule has 1 saturated heterocycles. The van der Waals surface area contributed by atoms with Crippen molar-refractivity contribution in [3.63, 3.8) is 0 Å². The average Bonchev–Trinajstić information content (AvgIpc) is 3.51. The molecule has 1 aliphatic rings. The third-order valence-corrected chi connectivity index (χ3v) is 7.36. The number of hydrogen-bond donors (Lipinski definition) is 0. The van der Waals surface area contributed by atoms with E-state index in [1.807, 2.05) is 19.9 Å². The van der Waals surface area contributed by atoms with E-state index in [2.05, 4.69) is 25.0 Å². The lowest BCUT2D eigenvalue weighted by Crippen LogP contribution is -2.35. The molecule has 1 aliphatic heterocycles. The first-order chi connectivity index (χ1) is 17.4. The van der Waals surface area contributed by atoms with Crippen LogP contribution in [-0.4, -0.2) is 48.6 Å². The van der Waals surface area contributed by atoms with Gasteiger partial charge in [0.05, 0.1) is 6.61 Å². The molecule has 0 spiro atoms. The molecule has 0 bridgehead atoms. The number of hydrogen-bond acceptors (Lipinski definition) is 11. The Balaban J connectivity index is 1.14. The molecule has 3 aromatic heterocycles. The Kier molecular flexibility index (Phi) is 7.44. The maximum atomic E-state index is 10.8. The minimum atomic E-state index is -2.12. The van der Waals surface area contributed by atoms with Crippen molar-refractivity contribution >= 4 is 38.8 Å². The molecule has 5 rings (SSSR count). The number of rotatable bonds is 9. The molecule has 0 radical (unpaired) electrons. The van der Waals surface area contributed by atoms with Gasteiger partial charge in [-0.2, -0.15) is 4.98 Å². The monoisotopic (exact) mass is 528 g/mol. The molecule has 0 aliphatic carbocycles. The molecule has 1 unspecified atom stereocenters. The van der Waals surface area contributed by atoms with E-state index in [1.165, 1.54) is 11.3 Å². The zero-order valence-corrected chi connectivity index (χ0v) is 21.6. The second-order valence-corrected chi connectivity index (χ2v) is 10.8. The maximum absolute atomic E-state index is 10.8. The van der Waals surface area contributed by atoms with Crippen LogP contribution < -0.4 is 14.4 Å². The number of benzene rings is 1. The van der Waals surface area contributed by atoms with E-state index < -0.39 is 11.1 Å². The van der Waals surface area contributed by atoms with E-state index in [9.17, 15) is 8.76 Å². The van der Waals surface area contributed by atoms with Crippen LogP contribution in [0.5, 0.6) is 16.8 Å². The molecule has 0 N–H and O–H groups in total. The van der Waals surface area contributed by atoms with Gasteiger partial charge in [-0.3, -0.25) is 4.21 Å². The lowest BCUT2D eigenvalue weighted by atomic mass is 9.98. The topological polar surface area (TPSA) is 127 Å². The number of aromatic nitrogens is 4.